The highest BCUT2D eigenvalue weighted by Gasteiger charge is 1.92. The van der Waals surface area contributed by atoms with E-state index in [1.165, 1.54) is 0 Å². The predicted molar refractivity (Wildman–Crippen MR) is 47.9 cm³/mol. The van der Waals surface area contributed by atoms with E-state index in [0.717, 1.165) is 11.5 Å². The van der Waals surface area contributed by atoms with Crippen molar-refractivity contribution in [3.63, 3.8) is 0 Å². The number of nitrogens with zero attached hydrogens (tertiary/aromatic N) is 2. The lowest BCUT2D eigenvalue weighted by molar-refractivity contribution is 1.01. The largest absolute Gasteiger partial charge is 0.238 e. The van der Waals surface area contributed by atoms with Crippen LogP contribution in [0.15, 0.2) is 6.07 Å². The van der Waals surface area contributed by atoms with Crippen LogP contribution in [0.25, 0.3) is 0 Å². The van der Waals surface area contributed by atoms with Crippen molar-refractivity contribution in [1.29, 1.82) is 0 Å². The summed E-state index contributed by atoms with van der Waals surface area (Å²) in [6.07, 6.45) is 0. The Kier molecular flexibility index (Phi) is 4.79. The molecule has 0 unspecified atom stereocenters. The van der Waals surface area contributed by atoms with Gasteiger partial charge in [0.25, 0.3) is 0 Å². The van der Waals surface area contributed by atoms with Gasteiger partial charge in [0.2, 0.25) is 0 Å². The molecule has 0 N–H and O–H groups in total. The summed E-state index contributed by atoms with van der Waals surface area (Å²) in [6, 6.07) is 1.73. The van der Waals surface area contributed by atoms with Crippen molar-refractivity contribution in [2.24, 2.45) is 0 Å². The molecule has 3 heteroatoms. The minimum Gasteiger partial charge on any atom is -0.238 e. The van der Waals surface area contributed by atoms with E-state index in [-0.39, 0.29) is 0 Å². The zero-order valence-corrected chi connectivity index (χ0v) is 8.11. The summed E-state index contributed by atoms with van der Waals surface area (Å²) in [7, 11) is 0. The summed E-state index contributed by atoms with van der Waals surface area (Å²) in [5.74, 6) is 0.722. The van der Waals surface area contributed by atoms with Crippen LogP contribution >= 0.6 is 11.6 Å². The van der Waals surface area contributed by atoms with E-state index < -0.39 is 0 Å². The third-order valence-electron chi connectivity index (χ3n) is 0.935. The van der Waals surface area contributed by atoms with Crippen LogP contribution in [0.4, 0.5) is 0 Å². The molecule has 1 rings (SSSR count). The molecule has 0 aliphatic heterocycles. The van der Waals surface area contributed by atoms with Gasteiger partial charge in [-0.05, 0) is 19.9 Å². The lowest BCUT2D eigenvalue weighted by Gasteiger charge is -1.93. The Labute approximate surface area is 72.6 Å². The van der Waals surface area contributed by atoms with E-state index in [2.05, 4.69) is 9.97 Å². The van der Waals surface area contributed by atoms with Crippen molar-refractivity contribution < 1.29 is 0 Å². The predicted octanol–water partition coefficient (Wildman–Crippen LogP) is 2.77. The molecule has 0 atom stereocenters. The molecule has 0 bridgehead atoms. The molecule has 0 spiro atoms. The van der Waals surface area contributed by atoms with Crippen molar-refractivity contribution in [2.45, 2.75) is 27.7 Å². The van der Waals surface area contributed by atoms with Crippen LogP contribution in [-0.2, 0) is 0 Å². The van der Waals surface area contributed by atoms with E-state index in [1.54, 1.807) is 6.07 Å². The van der Waals surface area contributed by atoms with Crippen LogP contribution in [0.1, 0.15) is 25.4 Å². The molecule has 0 aromatic carbocycles. The molecule has 1 aromatic rings. The Morgan fingerprint density at radius 1 is 1.18 bits per heavy atom. The van der Waals surface area contributed by atoms with Crippen LogP contribution < -0.4 is 0 Å². The zero-order chi connectivity index (χ0) is 8.85. The highest BCUT2D eigenvalue weighted by Crippen LogP contribution is 2.04. The van der Waals surface area contributed by atoms with Crippen molar-refractivity contribution in [3.8, 4) is 0 Å². The quantitative estimate of drug-likeness (QED) is 0.563. The molecule has 0 fully saturated rings. The summed E-state index contributed by atoms with van der Waals surface area (Å²) in [6.45, 7) is 7.71. The van der Waals surface area contributed by atoms with Crippen molar-refractivity contribution in [2.75, 3.05) is 0 Å². The summed E-state index contributed by atoms with van der Waals surface area (Å²) < 4.78 is 0. The molecule has 0 saturated heterocycles. The number of hydrogen-bond acceptors (Lipinski definition) is 2. The molecule has 2 nitrogen and oxygen atoms in total. The highest BCUT2D eigenvalue weighted by molar-refractivity contribution is 6.29. The monoisotopic (exact) mass is 172 g/mol. The lowest BCUT2D eigenvalue weighted by Crippen LogP contribution is -1.89. The van der Waals surface area contributed by atoms with Crippen molar-refractivity contribution >= 4 is 11.6 Å². The standard InChI is InChI=1S/C6H7ClN2.C2H6/c1-4-3-6(7)9-5(2)8-4;1-2/h3H,1-2H3;1-2H3. The Bertz CT molecular complexity index is 173. The van der Waals surface area contributed by atoms with Crippen molar-refractivity contribution in [1.82, 2.24) is 9.97 Å². The Morgan fingerprint density at radius 3 is 2.09 bits per heavy atom. The van der Waals surface area contributed by atoms with E-state index >= 15 is 0 Å². The fourth-order valence-corrected chi connectivity index (χ4v) is 0.952. The van der Waals surface area contributed by atoms with Gasteiger partial charge in [-0.3, -0.25) is 0 Å². The van der Waals surface area contributed by atoms with Gasteiger partial charge in [-0.25, -0.2) is 9.97 Å². The zero-order valence-electron chi connectivity index (χ0n) is 7.35. The van der Waals surface area contributed by atoms with Gasteiger partial charge in [0, 0.05) is 5.69 Å². The first kappa shape index (κ1) is 10.4. The number of aromatic nitrogens is 2. The van der Waals surface area contributed by atoms with E-state index in [0.29, 0.717) is 5.15 Å². The number of aryl methyl sites for hydroxylation is 2. The second-order valence-corrected chi connectivity index (χ2v) is 2.27. The minimum atomic E-state index is 0.514. The minimum absolute atomic E-state index is 0.514. The first-order valence-electron chi connectivity index (χ1n) is 3.66. The third kappa shape index (κ3) is 3.94. The van der Waals surface area contributed by atoms with Crippen LogP contribution in [0, 0.1) is 13.8 Å². The smallest absolute Gasteiger partial charge is 0.133 e. The normalized spacial score (nSPS) is 8.45. The molecule has 0 amide bonds. The van der Waals surface area contributed by atoms with Crippen LogP contribution in [0.2, 0.25) is 5.15 Å². The Balaban J connectivity index is 0.000000461. The van der Waals surface area contributed by atoms with Gasteiger partial charge in [0.05, 0.1) is 0 Å². The van der Waals surface area contributed by atoms with E-state index in [9.17, 15) is 0 Å². The second-order valence-electron chi connectivity index (χ2n) is 1.88. The topological polar surface area (TPSA) is 25.8 Å². The van der Waals surface area contributed by atoms with Crippen molar-refractivity contribution in [3.05, 3.63) is 22.7 Å². The maximum absolute atomic E-state index is 5.60. The Morgan fingerprint density at radius 2 is 1.73 bits per heavy atom. The number of hydrogen-bond donors (Lipinski definition) is 0. The summed E-state index contributed by atoms with van der Waals surface area (Å²) in [5.41, 5.74) is 0.910. The fraction of sp³-hybridized carbons (Fsp3) is 0.500. The first-order valence-corrected chi connectivity index (χ1v) is 4.04. The van der Waals surface area contributed by atoms with Gasteiger partial charge >= 0.3 is 0 Å². The van der Waals surface area contributed by atoms with E-state index in [1.807, 2.05) is 27.7 Å². The Hall–Kier alpha value is -0.630. The molecule has 62 valence electrons. The summed E-state index contributed by atoms with van der Waals surface area (Å²) >= 11 is 5.60. The SMILES string of the molecule is CC.Cc1cc(Cl)nc(C)n1. The summed E-state index contributed by atoms with van der Waals surface area (Å²) in [5, 5.41) is 0.514. The molecular formula is C8H13ClN2. The average molecular weight is 173 g/mol. The van der Waals surface area contributed by atoms with Crippen LogP contribution in [0.3, 0.4) is 0 Å². The molecule has 1 heterocycles. The first-order chi connectivity index (χ1) is 5.18. The van der Waals surface area contributed by atoms with Crippen LogP contribution in [0.5, 0.6) is 0 Å². The molecule has 1 aromatic heterocycles. The fourth-order valence-electron chi connectivity index (χ4n) is 0.672. The van der Waals surface area contributed by atoms with Gasteiger partial charge in [-0.1, -0.05) is 25.4 Å². The maximum Gasteiger partial charge on any atom is 0.133 e. The van der Waals surface area contributed by atoms with Gasteiger partial charge in [-0.2, -0.15) is 0 Å². The number of halogens is 1. The molecule has 0 aliphatic rings. The van der Waals surface area contributed by atoms with Gasteiger partial charge < -0.3 is 0 Å². The molecule has 11 heavy (non-hydrogen) atoms. The molecular weight excluding hydrogens is 160 g/mol. The highest BCUT2D eigenvalue weighted by atomic mass is 35.5. The average Bonchev–Trinajstić information content (AvgIpc) is 1.88. The van der Waals surface area contributed by atoms with Crippen LogP contribution in [-0.4, -0.2) is 9.97 Å². The molecule has 0 saturated carbocycles. The third-order valence-corrected chi connectivity index (χ3v) is 1.13. The summed E-state index contributed by atoms with van der Waals surface area (Å²) in [4.78, 5) is 7.93. The second kappa shape index (κ2) is 5.08. The number of rotatable bonds is 0. The maximum atomic E-state index is 5.60. The van der Waals surface area contributed by atoms with Gasteiger partial charge in [0.1, 0.15) is 11.0 Å². The lowest BCUT2D eigenvalue weighted by atomic mass is 10.4. The molecule has 0 aliphatic carbocycles. The van der Waals surface area contributed by atoms with E-state index in [4.69, 9.17) is 11.6 Å². The van der Waals surface area contributed by atoms with Gasteiger partial charge in [0.15, 0.2) is 0 Å². The van der Waals surface area contributed by atoms with Gasteiger partial charge in [-0.15, -0.1) is 0 Å². The molecule has 0 radical (unpaired) electrons.